The minimum atomic E-state index is -1.05. The summed E-state index contributed by atoms with van der Waals surface area (Å²) >= 11 is 9.19. The molecule has 1 aromatic rings. The van der Waals surface area contributed by atoms with E-state index in [0.29, 0.717) is 11.4 Å². The summed E-state index contributed by atoms with van der Waals surface area (Å²) in [6, 6.07) is 5.34. The highest BCUT2D eigenvalue weighted by Gasteiger charge is 2.06. The Kier molecular flexibility index (Phi) is 5.44. The van der Waals surface area contributed by atoms with Gasteiger partial charge in [-0.3, -0.25) is 9.59 Å². The lowest BCUT2D eigenvalue weighted by Crippen LogP contribution is -2.29. The number of carbonyl (C=O) groups is 2. The van der Waals surface area contributed by atoms with E-state index in [1.807, 2.05) is 6.07 Å². The number of rotatable bonds is 5. The van der Waals surface area contributed by atoms with Gasteiger partial charge in [0.15, 0.2) is 0 Å². The van der Waals surface area contributed by atoms with Crippen LogP contribution >= 0.6 is 27.5 Å². The third-order valence-electron chi connectivity index (χ3n) is 2.07. The van der Waals surface area contributed by atoms with Crippen molar-refractivity contribution in [2.24, 2.45) is 0 Å². The second-order valence-corrected chi connectivity index (χ2v) is 4.70. The minimum absolute atomic E-state index is 0.228. The Labute approximate surface area is 112 Å². The lowest BCUT2D eigenvalue weighted by molar-refractivity contribution is -0.137. The van der Waals surface area contributed by atoms with Gasteiger partial charge >= 0.3 is 5.97 Å². The van der Waals surface area contributed by atoms with Crippen molar-refractivity contribution in [2.45, 2.75) is 12.8 Å². The fraction of sp³-hybridized carbons (Fsp3) is 0.273. The molecular formula is C11H11BrClNO3. The average Bonchev–Trinajstić information content (AvgIpc) is 2.27. The number of hydrogen-bond donors (Lipinski definition) is 2. The molecule has 92 valence electrons. The van der Waals surface area contributed by atoms with Crippen LogP contribution in [0.1, 0.15) is 12.0 Å². The first-order valence-corrected chi connectivity index (χ1v) is 6.08. The Balaban J connectivity index is 2.47. The fourth-order valence-corrected chi connectivity index (χ4v) is 1.89. The molecule has 0 heterocycles. The number of amides is 1. The van der Waals surface area contributed by atoms with Crippen molar-refractivity contribution >= 4 is 39.4 Å². The highest BCUT2D eigenvalue weighted by Crippen LogP contribution is 2.22. The summed E-state index contributed by atoms with van der Waals surface area (Å²) in [5.74, 6) is -1.35. The van der Waals surface area contributed by atoms with Crippen LogP contribution < -0.4 is 5.32 Å². The molecule has 0 aliphatic rings. The molecule has 0 radical (unpaired) electrons. The van der Waals surface area contributed by atoms with E-state index in [1.54, 1.807) is 12.1 Å². The summed E-state index contributed by atoms with van der Waals surface area (Å²) in [7, 11) is 0. The number of carboxylic acids is 1. The van der Waals surface area contributed by atoms with Crippen LogP contribution in [0.25, 0.3) is 0 Å². The predicted molar refractivity (Wildman–Crippen MR) is 68.1 cm³/mol. The number of carbonyl (C=O) groups excluding carboxylic acids is 1. The van der Waals surface area contributed by atoms with Gasteiger partial charge in [-0.25, -0.2) is 0 Å². The summed E-state index contributed by atoms with van der Waals surface area (Å²) in [6.45, 7) is -0.352. The van der Waals surface area contributed by atoms with E-state index >= 15 is 0 Å². The second kappa shape index (κ2) is 6.61. The van der Waals surface area contributed by atoms with Gasteiger partial charge in [-0.1, -0.05) is 27.5 Å². The number of carboxylic acid groups (broad SMARTS) is 1. The van der Waals surface area contributed by atoms with Gasteiger partial charge in [0.1, 0.15) is 6.54 Å². The molecule has 0 aromatic heterocycles. The molecule has 0 fully saturated rings. The van der Waals surface area contributed by atoms with Crippen LogP contribution in [0.3, 0.4) is 0 Å². The lowest BCUT2D eigenvalue weighted by atomic mass is 10.1. The highest BCUT2D eigenvalue weighted by molar-refractivity contribution is 9.10. The minimum Gasteiger partial charge on any atom is -0.480 e. The Bertz CT molecular complexity index is 437. The lowest BCUT2D eigenvalue weighted by Gasteiger charge is -2.05. The van der Waals surface area contributed by atoms with Crippen LogP contribution in [0.4, 0.5) is 0 Å². The van der Waals surface area contributed by atoms with Gasteiger partial charge < -0.3 is 10.4 Å². The van der Waals surface area contributed by atoms with Crippen LogP contribution in [-0.4, -0.2) is 23.5 Å². The molecule has 2 N–H and O–H groups in total. The second-order valence-electron chi connectivity index (χ2n) is 3.41. The van der Waals surface area contributed by atoms with Crippen molar-refractivity contribution in [2.75, 3.05) is 6.54 Å². The molecule has 6 heteroatoms. The first-order chi connectivity index (χ1) is 7.99. The Hall–Kier alpha value is -1.07. The monoisotopic (exact) mass is 319 g/mol. The predicted octanol–water partition coefficient (Wildman–Crippen LogP) is 2.24. The van der Waals surface area contributed by atoms with E-state index in [4.69, 9.17) is 16.7 Å². The molecule has 0 aliphatic heterocycles. The van der Waals surface area contributed by atoms with Crippen LogP contribution in [0.5, 0.6) is 0 Å². The standard InChI is InChI=1S/C11H11BrClNO3/c12-9-3-2-8(13)5-7(9)1-4-10(15)14-6-11(16)17/h2-3,5H,1,4,6H2,(H,14,15)(H,16,17). The molecule has 1 aromatic carbocycles. The molecule has 0 bridgehead atoms. The molecule has 0 atom stereocenters. The third kappa shape index (κ3) is 5.19. The molecule has 0 spiro atoms. The molecule has 1 rings (SSSR count). The largest absolute Gasteiger partial charge is 0.480 e. The summed E-state index contributed by atoms with van der Waals surface area (Å²) in [5.41, 5.74) is 0.919. The smallest absolute Gasteiger partial charge is 0.322 e. The molecule has 17 heavy (non-hydrogen) atoms. The maximum atomic E-state index is 11.3. The molecule has 4 nitrogen and oxygen atoms in total. The third-order valence-corrected chi connectivity index (χ3v) is 3.07. The van der Waals surface area contributed by atoms with Crippen molar-refractivity contribution in [1.82, 2.24) is 5.32 Å². The zero-order chi connectivity index (χ0) is 12.8. The van der Waals surface area contributed by atoms with Crippen LogP contribution in [-0.2, 0) is 16.0 Å². The molecule has 0 saturated carbocycles. The van der Waals surface area contributed by atoms with E-state index in [0.717, 1.165) is 10.0 Å². The van der Waals surface area contributed by atoms with Gasteiger partial charge in [0.25, 0.3) is 0 Å². The zero-order valence-corrected chi connectivity index (χ0v) is 11.2. The molecule has 0 saturated heterocycles. The van der Waals surface area contributed by atoms with Crippen molar-refractivity contribution < 1.29 is 14.7 Å². The molecule has 1 amide bonds. The van der Waals surface area contributed by atoms with Gasteiger partial charge in [-0.2, -0.15) is 0 Å². The van der Waals surface area contributed by atoms with Gasteiger partial charge in [0.05, 0.1) is 0 Å². The van der Waals surface area contributed by atoms with Crippen LogP contribution in [0.15, 0.2) is 22.7 Å². The number of nitrogens with one attached hydrogen (secondary N) is 1. The number of aryl methyl sites for hydroxylation is 1. The summed E-state index contributed by atoms with van der Waals surface area (Å²) in [5, 5.41) is 11.3. The number of aliphatic carboxylic acids is 1. The van der Waals surface area contributed by atoms with Gasteiger partial charge in [0, 0.05) is 15.9 Å². The first kappa shape index (κ1) is 14.0. The van der Waals surface area contributed by atoms with E-state index in [2.05, 4.69) is 21.2 Å². The molecular weight excluding hydrogens is 309 g/mol. The number of hydrogen-bond acceptors (Lipinski definition) is 2. The normalized spacial score (nSPS) is 10.0. The van der Waals surface area contributed by atoms with Crippen molar-refractivity contribution in [3.05, 3.63) is 33.3 Å². The van der Waals surface area contributed by atoms with Crippen molar-refractivity contribution in [1.29, 1.82) is 0 Å². The van der Waals surface area contributed by atoms with E-state index in [9.17, 15) is 9.59 Å². The summed E-state index contributed by atoms with van der Waals surface area (Å²) in [4.78, 5) is 21.5. The van der Waals surface area contributed by atoms with E-state index in [1.165, 1.54) is 0 Å². The van der Waals surface area contributed by atoms with E-state index < -0.39 is 5.97 Å². The maximum absolute atomic E-state index is 11.3. The summed E-state index contributed by atoms with van der Waals surface area (Å²) < 4.78 is 0.882. The highest BCUT2D eigenvalue weighted by atomic mass is 79.9. The zero-order valence-electron chi connectivity index (χ0n) is 8.87. The molecule has 0 aliphatic carbocycles. The van der Waals surface area contributed by atoms with Crippen molar-refractivity contribution in [3.63, 3.8) is 0 Å². The van der Waals surface area contributed by atoms with Gasteiger partial charge in [-0.15, -0.1) is 0 Å². The van der Waals surface area contributed by atoms with E-state index in [-0.39, 0.29) is 18.9 Å². The Morgan fingerprint density at radius 3 is 2.76 bits per heavy atom. The quantitative estimate of drug-likeness (QED) is 0.874. The van der Waals surface area contributed by atoms with Crippen LogP contribution in [0.2, 0.25) is 5.02 Å². The SMILES string of the molecule is O=C(O)CNC(=O)CCc1cc(Cl)ccc1Br. The molecule has 0 unspecified atom stereocenters. The fourth-order valence-electron chi connectivity index (χ4n) is 1.25. The first-order valence-electron chi connectivity index (χ1n) is 4.91. The topological polar surface area (TPSA) is 66.4 Å². The Morgan fingerprint density at radius 2 is 2.12 bits per heavy atom. The maximum Gasteiger partial charge on any atom is 0.322 e. The number of benzene rings is 1. The average molecular weight is 321 g/mol. The summed E-state index contributed by atoms with van der Waals surface area (Å²) in [6.07, 6.45) is 0.735. The van der Waals surface area contributed by atoms with Gasteiger partial charge in [0.2, 0.25) is 5.91 Å². The van der Waals surface area contributed by atoms with Crippen molar-refractivity contribution in [3.8, 4) is 0 Å². The number of halogens is 2. The Morgan fingerprint density at radius 1 is 1.41 bits per heavy atom. The van der Waals surface area contributed by atoms with Gasteiger partial charge in [-0.05, 0) is 30.2 Å². The van der Waals surface area contributed by atoms with Crippen LogP contribution in [0, 0.1) is 0 Å².